The normalized spacial score (nSPS) is 18.4. The molecule has 2 rings (SSSR count). The summed E-state index contributed by atoms with van der Waals surface area (Å²) < 4.78 is 9.86. The van der Waals surface area contributed by atoms with E-state index >= 15 is 0 Å². The predicted molar refractivity (Wildman–Crippen MR) is 65.8 cm³/mol. The van der Waals surface area contributed by atoms with Gasteiger partial charge in [-0.2, -0.15) is 0 Å². The van der Waals surface area contributed by atoms with E-state index in [0.717, 1.165) is 31.6 Å². The van der Waals surface area contributed by atoms with Gasteiger partial charge in [0.1, 0.15) is 6.26 Å². The minimum atomic E-state index is -0.366. The van der Waals surface area contributed by atoms with E-state index in [1.165, 1.54) is 7.11 Å². The van der Waals surface area contributed by atoms with Crippen molar-refractivity contribution in [2.75, 3.05) is 7.11 Å². The maximum absolute atomic E-state index is 11.9. The van der Waals surface area contributed by atoms with Gasteiger partial charge in [0.05, 0.1) is 7.11 Å². The summed E-state index contributed by atoms with van der Waals surface area (Å²) in [6, 6.07) is 1.25. The molecule has 18 heavy (non-hydrogen) atoms. The molecular formula is C13H15NO4. The molecular weight excluding hydrogens is 234 g/mol. The van der Waals surface area contributed by atoms with Crippen LogP contribution in [0.2, 0.25) is 0 Å². The van der Waals surface area contributed by atoms with Gasteiger partial charge in [-0.25, -0.2) is 0 Å². The number of rotatable bonds is 3. The zero-order valence-corrected chi connectivity index (χ0v) is 10.1. The van der Waals surface area contributed by atoms with E-state index in [9.17, 15) is 9.59 Å². The fourth-order valence-corrected chi connectivity index (χ4v) is 1.85. The van der Waals surface area contributed by atoms with Gasteiger partial charge in [-0.15, -0.1) is 0 Å². The van der Waals surface area contributed by atoms with Crippen LogP contribution in [0.3, 0.4) is 0 Å². The summed E-state index contributed by atoms with van der Waals surface area (Å²) in [5, 5.41) is 2.84. The molecule has 1 aliphatic rings. The number of carbonyl (C=O) groups is 1. The van der Waals surface area contributed by atoms with Crippen LogP contribution in [-0.2, 0) is 0 Å². The molecule has 0 fully saturated rings. The SMILES string of the molecule is COc1coc(C(=O)NC2CC=CCC2)cc1=O. The number of nitrogens with one attached hydrogen (secondary N) is 1. The van der Waals surface area contributed by atoms with Crippen molar-refractivity contribution >= 4 is 5.91 Å². The molecule has 0 spiro atoms. The standard InChI is InChI=1S/C13H15NO4/c1-17-12-8-18-11(7-10(12)15)13(16)14-9-5-3-2-4-6-9/h2-3,7-9H,4-6H2,1H3,(H,14,16). The Morgan fingerprint density at radius 1 is 1.50 bits per heavy atom. The van der Waals surface area contributed by atoms with Crippen LogP contribution < -0.4 is 15.5 Å². The van der Waals surface area contributed by atoms with Gasteiger partial charge in [0.2, 0.25) is 11.2 Å². The lowest BCUT2D eigenvalue weighted by atomic mass is 10.0. The van der Waals surface area contributed by atoms with Crippen LogP contribution in [0.4, 0.5) is 0 Å². The third-order valence-corrected chi connectivity index (χ3v) is 2.85. The highest BCUT2D eigenvalue weighted by molar-refractivity contribution is 5.91. The van der Waals surface area contributed by atoms with Crippen molar-refractivity contribution in [1.29, 1.82) is 0 Å². The van der Waals surface area contributed by atoms with Crippen LogP contribution in [-0.4, -0.2) is 19.1 Å². The fraction of sp³-hybridized carbons (Fsp3) is 0.385. The second-order valence-corrected chi connectivity index (χ2v) is 4.13. The van der Waals surface area contributed by atoms with Gasteiger partial charge in [-0.3, -0.25) is 9.59 Å². The van der Waals surface area contributed by atoms with Crippen molar-refractivity contribution in [3.05, 3.63) is 40.5 Å². The Balaban J connectivity index is 2.06. The first-order valence-electron chi connectivity index (χ1n) is 5.83. The number of hydrogen-bond acceptors (Lipinski definition) is 4. The average Bonchev–Trinajstić information content (AvgIpc) is 2.39. The molecule has 1 aromatic rings. The summed E-state index contributed by atoms with van der Waals surface area (Å²) >= 11 is 0. The summed E-state index contributed by atoms with van der Waals surface area (Å²) in [6.45, 7) is 0. The topological polar surface area (TPSA) is 68.5 Å². The summed E-state index contributed by atoms with van der Waals surface area (Å²) in [4.78, 5) is 23.3. The molecule has 0 bridgehead atoms. The van der Waals surface area contributed by atoms with Gasteiger partial charge < -0.3 is 14.5 Å². The molecule has 1 atom stereocenters. The Morgan fingerprint density at radius 2 is 2.33 bits per heavy atom. The number of allylic oxidation sites excluding steroid dienone is 1. The first-order chi connectivity index (χ1) is 8.70. The number of carbonyl (C=O) groups excluding carboxylic acids is 1. The highest BCUT2D eigenvalue weighted by atomic mass is 16.5. The second kappa shape index (κ2) is 5.53. The van der Waals surface area contributed by atoms with Crippen molar-refractivity contribution in [2.24, 2.45) is 0 Å². The molecule has 1 heterocycles. The van der Waals surface area contributed by atoms with Gasteiger partial charge in [0.15, 0.2) is 5.76 Å². The molecule has 1 aromatic heterocycles. The van der Waals surface area contributed by atoms with Gasteiger partial charge in [0.25, 0.3) is 5.91 Å². The highest BCUT2D eigenvalue weighted by Gasteiger charge is 2.17. The third kappa shape index (κ3) is 2.80. The summed E-state index contributed by atoms with van der Waals surface area (Å²) in [6.07, 6.45) is 7.96. The Morgan fingerprint density at radius 3 is 2.94 bits per heavy atom. The number of methoxy groups -OCH3 is 1. The lowest BCUT2D eigenvalue weighted by Gasteiger charge is -2.18. The zero-order valence-electron chi connectivity index (χ0n) is 10.1. The van der Waals surface area contributed by atoms with E-state index in [1.807, 2.05) is 6.08 Å². The van der Waals surface area contributed by atoms with Crippen LogP contribution in [0.25, 0.3) is 0 Å². The van der Waals surface area contributed by atoms with Crippen molar-refractivity contribution in [1.82, 2.24) is 5.32 Å². The number of amides is 1. The Labute approximate surface area is 104 Å². The van der Waals surface area contributed by atoms with Crippen LogP contribution >= 0.6 is 0 Å². The summed E-state index contributed by atoms with van der Waals surface area (Å²) in [7, 11) is 1.38. The van der Waals surface area contributed by atoms with E-state index < -0.39 is 0 Å². The Bertz CT molecular complexity index is 518. The van der Waals surface area contributed by atoms with Gasteiger partial charge in [-0.05, 0) is 19.3 Å². The van der Waals surface area contributed by atoms with Crippen LogP contribution in [0.15, 0.2) is 33.7 Å². The minimum Gasteiger partial charge on any atom is -0.490 e. The average molecular weight is 249 g/mol. The van der Waals surface area contributed by atoms with Gasteiger partial charge in [0, 0.05) is 12.1 Å². The molecule has 1 amide bonds. The molecule has 0 saturated carbocycles. The minimum absolute atomic E-state index is 0.00959. The van der Waals surface area contributed by atoms with Crippen molar-refractivity contribution < 1.29 is 13.9 Å². The van der Waals surface area contributed by atoms with Crippen molar-refractivity contribution in [2.45, 2.75) is 25.3 Å². The molecule has 96 valence electrons. The molecule has 5 heteroatoms. The van der Waals surface area contributed by atoms with Crippen LogP contribution in [0, 0.1) is 0 Å². The molecule has 0 radical (unpaired) electrons. The smallest absolute Gasteiger partial charge is 0.287 e. The first kappa shape index (κ1) is 12.4. The van der Waals surface area contributed by atoms with E-state index in [0.29, 0.717) is 0 Å². The van der Waals surface area contributed by atoms with Gasteiger partial charge >= 0.3 is 0 Å². The largest absolute Gasteiger partial charge is 0.490 e. The molecule has 1 N–H and O–H groups in total. The first-order valence-corrected chi connectivity index (χ1v) is 5.83. The van der Waals surface area contributed by atoms with E-state index in [1.54, 1.807) is 0 Å². The lowest BCUT2D eigenvalue weighted by molar-refractivity contribution is 0.0903. The molecule has 1 aliphatic carbocycles. The third-order valence-electron chi connectivity index (χ3n) is 2.85. The number of ether oxygens (including phenoxy) is 1. The lowest BCUT2D eigenvalue weighted by Crippen LogP contribution is -2.35. The zero-order chi connectivity index (χ0) is 13.0. The maximum Gasteiger partial charge on any atom is 0.287 e. The molecule has 0 aliphatic heterocycles. The van der Waals surface area contributed by atoms with E-state index in [-0.39, 0.29) is 28.9 Å². The van der Waals surface area contributed by atoms with Crippen molar-refractivity contribution in [3.8, 4) is 5.75 Å². The van der Waals surface area contributed by atoms with Crippen LogP contribution in [0.1, 0.15) is 29.8 Å². The predicted octanol–water partition coefficient (Wildman–Crippen LogP) is 1.49. The molecule has 0 saturated heterocycles. The quantitative estimate of drug-likeness (QED) is 0.824. The highest BCUT2D eigenvalue weighted by Crippen LogP contribution is 2.12. The molecule has 0 aromatic carbocycles. The number of hydrogen-bond donors (Lipinski definition) is 1. The summed E-state index contributed by atoms with van der Waals surface area (Å²) in [5.74, 6) is -0.266. The van der Waals surface area contributed by atoms with E-state index in [4.69, 9.17) is 9.15 Å². The Hall–Kier alpha value is -2.04. The van der Waals surface area contributed by atoms with Crippen LogP contribution in [0.5, 0.6) is 5.75 Å². The van der Waals surface area contributed by atoms with Crippen molar-refractivity contribution in [3.63, 3.8) is 0 Å². The second-order valence-electron chi connectivity index (χ2n) is 4.13. The maximum atomic E-state index is 11.9. The fourth-order valence-electron chi connectivity index (χ4n) is 1.85. The van der Waals surface area contributed by atoms with Gasteiger partial charge in [-0.1, -0.05) is 12.2 Å². The molecule has 1 unspecified atom stereocenters. The monoisotopic (exact) mass is 249 g/mol. The molecule has 5 nitrogen and oxygen atoms in total. The Kier molecular flexibility index (Phi) is 3.82. The summed E-state index contributed by atoms with van der Waals surface area (Å²) in [5.41, 5.74) is -0.363. The van der Waals surface area contributed by atoms with E-state index in [2.05, 4.69) is 11.4 Å².